The van der Waals surface area contributed by atoms with Crippen LogP contribution in [0.1, 0.15) is 29.8 Å². The lowest BCUT2D eigenvalue weighted by molar-refractivity contribution is 0.0114. The molecular weight excluding hydrogens is 433 g/mol. The van der Waals surface area contributed by atoms with Crippen LogP contribution in [0.4, 0.5) is 15.9 Å². The normalized spacial score (nSPS) is 18.1. The number of rotatable bonds is 4. The van der Waals surface area contributed by atoms with E-state index in [1.807, 2.05) is 12.1 Å². The van der Waals surface area contributed by atoms with Crippen molar-refractivity contribution in [1.82, 2.24) is 15.3 Å². The Hall–Kier alpha value is -3.52. The maximum Gasteiger partial charge on any atom is 0.251 e. The predicted octanol–water partition coefficient (Wildman–Crippen LogP) is 3.68. The first-order valence-corrected chi connectivity index (χ1v) is 11.6. The fourth-order valence-corrected chi connectivity index (χ4v) is 4.52. The van der Waals surface area contributed by atoms with E-state index >= 15 is 0 Å². The van der Waals surface area contributed by atoms with Gasteiger partial charge in [-0.3, -0.25) is 4.79 Å². The summed E-state index contributed by atoms with van der Waals surface area (Å²) in [7, 11) is 0. The van der Waals surface area contributed by atoms with Crippen molar-refractivity contribution in [2.75, 3.05) is 36.9 Å². The fraction of sp³-hybridized carbons (Fsp3) is 0.346. The average molecular weight is 462 g/mol. The lowest BCUT2D eigenvalue weighted by atomic mass is 9.96. The highest BCUT2D eigenvalue weighted by Gasteiger charge is 2.24. The summed E-state index contributed by atoms with van der Waals surface area (Å²) in [6, 6.07) is 11.0. The molecule has 1 atom stereocenters. The van der Waals surface area contributed by atoms with Crippen LogP contribution in [-0.2, 0) is 11.2 Å². The second-order valence-electron chi connectivity index (χ2n) is 9.13. The van der Waals surface area contributed by atoms with E-state index in [4.69, 9.17) is 10.5 Å². The summed E-state index contributed by atoms with van der Waals surface area (Å²) in [5.74, 6) is -0.202. The molecule has 8 heteroatoms. The van der Waals surface area contributed by atoms with Crippen LogP contribution in [0, 0.1) is 11.7 Å². The van der Waals surface area contributed by atoms with Crippen molar-refractivity contribution in [3.8, 4) is 22.5 Å². The summed E-state index contributed by atoms with van der Waals surface area (Å²) in [5, 5.41) is 2.73. The van der Waals surface area contributed by atoms with E-state index in [9.17, 15) is 9.18 Å². The second kappa shape index (κ2) is 9.02. The summed E-state index contributed by atoms with van der Waals surface area (Å²) in [6.45, 7) is 7.29. The van der Waals surface area contributed by atoms with Gasteiger partial charge in [0.05, 0.1) is 24.6 Å². The molecule has 2 aliphatic heterocycles. The number of fused-ring (bicyclic) bond motifs is 1. The molecule has 1 amide bonds. The monoisotopic (exact) mass is 461 g/mol. The van der Waals surface area contributed by atoms with Crippen LogP contribution >= 0.6 is 0 Å². The molecule has 3 aromatic rings. The van der Waals surface area contributed by atoms with Crippen molar-refractivity contribution in [2.45, 2.75) is 26.4 Å². The number of hydrogen-bond acceptors (Lipinski definition) is 6. The SMILES string of the molecule is CC(C)[C@@H]1CN(c2ccc(-c3cnc(N)c(-c4cc5c(cc4F)C(=O)NCC5)n3)cc2)CCO1. The van der Waals surface area contributed by atoms with E-state index in [0.29, 0.717) is 36.7 Å². The largest absolute Gasteiger partial charge is 0.382 e. The highest BCUT2D eigenvalue weighted by Crippen LogP contribution is 2.32. The van der Waals surface area contributed by atoms with E-state index < -0.39 is 5.82 Å². The standard InChI is InChI=1S/C26H28FN5O2/c1-15(2)23-14-32(9-10-34-23)18-5-3-16(4-6-18)22-13-30-25(28)24(31-22)20-11-17-7-8-29-26(33)19(17)12-21(20)27/h3-6,11-13,15,23H,7-10,14H2,1-2H3,(H2,28,30)(H,29,33)/t23-/m0/s1. The third kappa shape index (κ3) is 4.21. The Morgan fingerprint density at radius 2 is 2.00 bits per heavy atom. The van der Waals surface area contributed by atoms with Gasteiger partial charge in [0.25, 0.3) is 5.91 Å². The van der Waals surface area contributed by atoms with Gasteiger partial charge in [-0.25, -0.2) is 14.4 Å². The number of amides is 1. The minimum absolute atomic E-state index is 0.146. The molecule has 1 fully saturated rings. The second-order valence-corrected chi connectivity index (χ2v) is 9.13. The van der Waals surface area contributed by atoms with Gasteiger partial charge >= 0.3 is 0 Å². The lowest BCUT2D eigenvalue weighted by Gasteiger charge is -2.36. The predicted molar refractivity (Wildman–Crippen MR) is 130 cm³/mol. The first kappa shape index (κ1) is 22.3. The van der Waals surface area contributed by atoms with Crippen molar-refractivity contribution in [3.05, 3.63) is 59.5 Å². The van der Waals surface area contributed by atoms with E-state index in [1.54, 1.807) is 12.3 Å². The molecule has 34 heavy (non-hydrogen) atoms. The van der Waals surface area contributed by atoms with Gasteiger partial charge in [0.15, 0.2) is 0 Å². The minimum atomic E-state index is -0.545. The Kier molecular flexibility index (Phi) is 5.91. The van der Waals surface area contributed by atoms with Crippen molar-refractivity contribution in [1.29, 1.82) is 0 Å². The van der Waals surface area contributed by atoms with Crippen molar-refractivity contribution in [3.63, 3.8) is 0 Å². The summed E-state index contributed by atoms with van der Waals surface area (Å²) >= 11 is 0. The van der Waals surface area contributed by atoms with E-state index in [0.717, 1.165) is 29.9 Å². The molecule has 0 aliphatic carbocycles. The summed E-state index contributed by atoms with van der Waals surface area (Å²) < 4.78 is 20.9. The van der Waals surface area contributed by atoms with Crippen LogP contribution in [0.3, 0.4) is 0 Å². The minimum Gasteiger partial charge on any atom is -0.382 e. The number of hydrogen-bond donors (Lipinski definition) is 2. The first-order valence-electron chi connectivity index (χ1n) is 11.6. The third-order valence-corrected chi connectivity index (χ3v) is 6.54. The number of halogens is 1. The van der Waals surface area contributed by atoms with E-state index in [1.165, 1.54) is 6.07 Å². The number of ether oxygens (including phenoxy) is 1. The number of carbonyl (C=O) groups is 1. The number of nitrogen functional groups attached to an aromatic ring is 1. The van der Waals surface area contributed by atoms with E-state index in [2.05, 4.69) is 46.2 Å². The van der Waals surface area contributed by atoms with Crippen LogP contribution in [0.15, 0.2) is 42.6 Å². The first-order chi connectivity index (χ1) is 16.4. The van der Waals surface area contributed by atoms with Crippen LogP contribution in [-0.4, -0.2) is 48.2 Å². The molecule has 3 heterocycles. The smallest absolute Gasteiger partial charge is 0.251 e. The molecule has 2 aromatic carbocycles. The number of carbonyl (C=O) groups excluding carboxylic acids is 1. The van der Waals surface area contributed by atoms with Crippen LogP contribution in [0.2, 0.25) is 0 Å². The molecule has 0 unspecified atom stereocenters. The summed E-state index contributed by atoms with van der Waals surface area (Å²) in [5.41, 5.74) is 10.4. The molecule has 0 bridgehead atoms. The Balaban J connectivity index is 1.44. The number of nitrogens with one attached hydrogen (secondary N) is 1. The summed E-state index contributed by atoms with van der Waals surface area (Å²) in [6.07, 6.45) is 2.44. The molecule has 1 aromatic heterocycles. The molecule has 1 saturated heterocycles. The molecule has 0 saturated carbocycles. The maximum absolute atomic E-state index is 15.0. The molecule has 0 radical (unpaired) electrons. The average Bonchev–Trinajstić information content (AvgIpc) is 2.85. The van der Waals surface area contributed by atoms with Gasteiger partial charge in [0.2, 0.25) is 0 Å². The third-order valence-electron chi connectivity index (χ3n) is 6.54. The van der Waals surface area contributed by atoms with Gasteiger partial charge in [-0.2, -0.15) is 0 Å². The Morgan fingerprint density at radius 1 is 1.21 bits per heavy atom. The van der Waals surface area contributed by atoms with Gasteiger partial charge in [-0.05, 0) is 42.2 Å². The highest BCUT2D eigenvalue weighted by atomic mass is 19.1. The highest BCUT2D eigenvalue weighted by molar-refractivity contribution is 5.97. The molecule has 2 aliphatic rings. The lowest BCUT2D eigenvalue weighted by Crippen LogP contribution is -2.44. The Labute approximate surface area is 198 Å². The molecule has 176 valence electrons. The van der Waals surface area contributed by atoms with Crippen molar-refractivity contribution >= 4 is 17.4 Å². The number of morpholine rings is 1. The molecular formula is C26H28FN5O2. The van der Waals surface area contributed by atoms with Crippen LogP contribution < -0.4 is 16.0 Å². The zero-order valence-corrected chi connectivity index (χ0v) is 19.3. The number of nitrogens with two attached hydrogens (primary N) is 1. The van der Waals surface area contributed by atoms with Gasteiger partial charge < -0.3 is 20.7 Å². The van der Waals surface area contributed by atoms with Gasteiger partial charge in [-0.15, -0.1) is 0 Å². The number of benzene rings is 2. The van der Waals surface area contributed by atoms with Crippen molar-refractivity contribution < 1.29 is 13.9 Å². The zero-order chi connectivity index (χ0) is 23.8. The van der Waals surface area contributed by atoms with Crippen molar-refractivity contribution in [2.24, 2.45) is 5.92 Å². The quantitative estimate of drug-likeness (QED) is 0.616. The number of aromatic nitrogens is 2. The molecule has 0 spiro atoms. The van der Waals surface area contributed by atoms with Crippen LogP contribution in [0.25, 0.3) is 22.5 Å². The van der Waals surface area contributed by atoms with E-state index in [-0.39, 0.29) is 29.1 Å². The molecule has 5 rings (SSSR count). The maximum atomic E-state index is 15.0. The van der Waals surface area contributed by atoms with Gasteiger partial charge in [0, 0.05) is 42.0 Å². The van der Waals surface area contributed by atoms with Gasteiger partial charge in [-0.1, -0.05) is 26.0 Å². The summed E-state index contributed by atoms with van der Waals surface area (Å²) in [4.78, 5) is 23.3. The Morgan fingerprint density at radius 3 is 2.76 bits per heavy atom. The molecule has 7 nitrogen and oxygen atoms in total. The topological polar surface area (TPSA) is 93.4 Å². The number of nitrogens with zero attached hydrogens (tertiary/aromatic N) is 3. The zero-order valence-electron chi connectivity index (χ0n) is 19.3. The molecule has 3 N–H and O–H groups in total. The fourth-order valence-electron chi connectivity index (χ4n) is 4.52. The van der Waals surface area contributed by atoms with Gasteiger partial charge in [0.1, 0.15) is 17.3 Å². The Bertz CT molecular complexity index is 1230. The number of anilines is 2. The van der Waals surface area contributed by atoms with Crippen LogP contribution in [0.5, 0.6) is 0 Å².